The Kier molecular flexibility index (Phi) is 6.91. The van der Waals surface area contributed by atoms with Crippen molar-refractivity contribution in [3.8, 4) is 0 Å². The second kappa shape index (κ2) is 7.93. The van der Waals surface area contributed by atoms with Crippen molar-refractivity contribution in [2.45, 2.75) is 45.7 Å². The van der Waals surface area contributed by atoms with E-state index >= 15 is 0 Å². The number of nitrogens with zero attached hydrogens (tertiary/aromatic N) is 2. The summed E-state index contributed by atoms with van der Waals surface area (Å²) < 4.78 is 0. The maximum absolute atomic E-state index is 4.55. The molecule has 4 nitrogen and oxygen atoms in total. The van der Waals surface area contributed by atoms with Crippen LogP contribution in [0.5, 0.6) is 0 Å². The summed E-state index contributed by atoms with van der Waals surface area (Å²) in [6, 6.07) is 0.634. The van der Waals surface area contributed by atoms with Gasteiger partial charge in [-0.1, -0.05) is 6.92 Å². The number of aliphatic imine (C=N–C) groups is 1. The number of rotatable bonds is 5. The molecule has 0 spiro atoms. The molecule has 102 valence electrons. The first-order chi connectivity index (χ1) is 8.31. The van der Waals surface area contributed by atoms with Crippen LogP contribution in [-0.2, 0) is 13.0 Å². The average molecular weight is 380 g/mol. The van der Waals surface area contributed by atoms with Crippen LogP contribution in [0.4, 0.5) is 0 Å². The van der Waals surface area contributed by atoms with Crippen molar-refractivity contribution in [1.82, 2.24) is 15.6 Å². The predicted octanol–water partition coefficient (Wildman–Crippen LogP) is 2.54. The summed E-state index contributed by atoms with van der Waals surface area (Å²) in [6.07, 6.45) is 3.54. The van der Waals surface area contributed by atoms with E-state index in [9.17, 15) is 0 Å². The molecule has 0 atom stereocenters. The minimum absolute atomic E-state index is 0. The van der Waals surface area contributed by atoms with Crippen molar-refractivity contribution in [1.29, 1.82) is 0 Å². The number of nitrogens with one attached hydrogen (secondary N) is 2. The summed E-state index contributed by atoms with van der Waals surface area (Å²) in [7, 11) is 0. The Morgan fingerprint density at radius 1 is 1.50 bits per heavy atom. The zero-order chi connectivity index (χ0) is 12.1. The number of thiazole rings is 1. The highest BCUT2D eigenvalue weighted by molar-refractivity contribution is 14.0. The van der Waals surface area contributed by atoms with Crippen molar-refractivity contribution >= 4 is 41.3 Å². The Hall–Kier alpha value is -0.370. The Balaban J connectivity index is 0.00000162. The predicted molar refractivity (Wildman–Crippen MR) is 87.9 cm³/mol. The fourth-order valence-corrected chi connectivity index (χ4v) is 2.22. The quantitative estimate of drug-likeness (QED) is 0.469. The van der Waals surface area contributed by atoms with Gasteiger partial charge in [0.05, 0.1) is 17.2 Å². The first-order valence-corrected chi connectivity index (χ1v) is 7.18. The zero-order valence-electron chi connectivity index (χ0n) is 10.9. The molecule has 1 aliphatic rings. The fourth-order valence-electron chi connectivity index (χ4n) is 1.49. The molecule has 0 aliphatic heterocycles. The van der Waals surface area contributed by atoms with Crippen LogP contribution in [0, 0.1) is 0 Å². The molecule has 0 amide bonds. The van der Waals surface area contributed by atoms with Crippen molar-refractivity contribution < 1.29 is 0 Å². The Morgan fingerprint density at radius 3 is 2.83 bits per heavy atom. The molecule has 0 unspecified atom stereocenters. The molecular formula is C12H21IN4S. The third kappa shape index (κ3) is 5.09. The van der Waals surface area contributed by atoms with Crippen LogP contribution < -0.4 is 10.6 Å². The van der Waals surface area contributed by atoms with Crippen LogP contribution in [0.25, 0.3) is 0 Å². The summed E-state index contributed by atoms with van der Waals surface area (Å²) in [5.41, 5.74) is 1.07. The number of hydrogen-bond acceptors (Lipinski definition) is 3. The van der Waals surface area contributed by atoms with Gasteiger partial charge in [0.15, 0.2) is 5.96 Å². The van der Waals surface area contributed by atoms with Crippen LogP contribution in [0.15, 0.2) is 10.4 Å². The van der Waals surface area contributed by atoms with Gasteiger partial charge in [0.2, 0.25) is 0 Å². The van der Waals surface area contributed by atoms with E-state index in [0.29, 0.717) is 12.6 Å². The largest absolute Gasteiger partial charge is 0.357 e. The number of halogens is 1. The second-order valence-corrected chi connectivity index (χ2v) is 5.14. The minimum Gasteiger partial charge on any atom is -0.357 e. The van der Waals surface area contributed by atoms with Gasteiger partial charge < -0.3 is 10.6 Å². The first-order valence-electron chi connectivity index (χ1n) is 6.30. The van der Waals surface area contributed by atoms with E-state index in [-0.39, 0.29) is 24.0 Å². The van der Waals surface area contributed by atoms with Gasteiger partial charge in [-0.05, 0) is 26.2 Å². The van der Waals surface area contributed by atoms with Gasteiger partial charge in [-0.15, -0.1) is 35.3 Å². The molecule has 18 heavy (non-hydrogen) atoms. The SMILES string of the molecule is CCNC(=NCc1csc(CC)n1)NC1CC1.I. The van der Waals surface area contributed by atoms with Crippen LogP contribution in [0.1, 0.15) is 37.4 Å². The van der Waals surface area contributed by atoms with Gasteiger partial charge in [-0.25, -0.2) is 9.98 Å². The lowest BCUT2D eigenvalue weighted by Gasteiger charge is -2.09. The van der Waals surface area contributed by atoms with Crippen LogP contribution in [0.3, 0.4) is 0 Å². The van der Waals surface area contributed by atoms with Crippen molar-refractivity contribution in [2.75, 3.05) is 6.54 Å². The van der Waals surface area contributed by atoms with E-state index in [4.69, 9.17) is 0 Å². The number of aromatic nitrogens is 1. The summed E-state index contributed by atoms with van der Waals surface area (Å²) in [5, 5.41) is 9.95. The van der Waals surface area contributed by atoms with Gasteiger partial charge in [-0.2, -0.15) is 0 Å². The number of guanidine groups is 1. The molecule has 0 bridgehead atoms. The smallest absolute Gasteiger partial charge is 0.191 e. The monoisotopic (exact) mass is 380 g/mol. The van der Waals surface area contributed by atoms with Gasteiger partial charge in [0.25, 0.3) is 0 Å². The van der Waals surface area contributed by atoms with E-state index in [1.807, 2.05) is 0 Å². The van der Waals surface area contributed by atoms with Crippen LogP contribution in [0.2, 0.25) is 0 Å². The Morgan fingerprint density at radius 2 is 2.28 bits per heavy atom. The molecule has 0 aromatic carbocycles. The molecule has 2 N–H and O–H groups in total. The van der Waals surface area contributed by atoms with Crippen molar-refractivity contribution in [3.05, 3.63) is 16.1 Å². The molecule has 2 rings (SSSR count). The maximum atomic E-state index is 4.55. The molecular weight excluding hydrogens is 359 g/mol. The van der Waals surface area contributed by atoms with Gasteiger partial charge >= 0.3 is 0 Å². The number of hydrogen-bond donors (Lipinski definition) is 2. The summed E-state index contributed by atoms with van der Waals surface area (Å²) >= 11 is 1.72. The molecule has 1 aliphatic carbocycles. The van der Waals surface area contributed by atoms with Gasteiger partial charge in [0, 0.05) is 18.0 Å². The Labute approximate surface area is 130 Å². The van der Waals surface area contributed by atoms with Crippen LogP contribution >= 0.6 is 35.3 Å². The molecule has 1 heterocycles. The van der Waals surface area contributed by atoms with E-state index in [1.165, 1.54) is 17.8 Å². The highest BCUT2D eigenvalue weighted by Crippen LogP contribution is 2.18. The van der Waals surface area contributed by atoms with Crippen LogP contribution in [-0.4, -0.2) is 23.5 Å². The minimum atomic E-state index is 0. The second-order valence-electron chi connectivity index (χ2n) is 4.20. The van der Waals surface area contributed by atoms with E-state index < -0.39 is 0 Å². The molecule has 1 saturated carbocycles. The van der Waals surface area contributed by atoms with Crippen molar-refractivity contribution in [3.63, 3.8) is 0 Å². The first kappa shape index (κ1) is 15.7. The van der Waals surface area contributed by atoms with Crippen molar-refractivity contribution in [2.24, 2.45) is 4.99 Å². The lowest BCUT2D eigenvalue weighted by atomic mass is 10.5. The van der Waals surface area contributed by atoms with Gasteiger partial charge in [-0.3, -0.25) is 0 Å². The Bertz CT molecular complexity index is 387. The fraction of sp³-hybridized carbons (Fsp3) is 0.667. The van der Waals surface area contributed by atoms with E-state index in [2.05, 4.69) is 39.8 Å². The summed E-state index contributed by atoms with van der Waals surface area (Å²) in [5.74, 6) is 0.918. The molecule has 1 fully saturated rings. The van der Waals surface area contributed by atoms with E-state index in [0.717, 1.165) is 24.6 Å². The topological polar surface area (TPSA) is 49.3 Å². The highest BCUT2D eigenvalue weighted by atomic mass is 127. The molecule has 6 heteroatoms. The lowest BCUT2D eigenvalue weighted by Crippen LogP contribution is -2.38. The summed E-state index contributed by atoms with van der Waals surface area (Å²) in [6.45, 7) is 5.78. The highest BCUT2D eigenvalue weighted by Gasteiger charge is 2.22. The lowest BCUT2D eigenvalue weighted by molar-refractivity contribution is 0.808. The molecule has 0 radical (unpaired) electrons. The standard InChI is InChI=1S/C12H20N4S.HI/c1-3-11-15-10(8-17-11)7-14-12(13-4-2)16-9-5-6-9;/h8-9H,3-7H2,1-2H3,(H2,13,14,16);1H. The summed E-state index contributed by atoms with van der Waals surface area (Å²) in [4.78, 5) is 9.06. The third-order valence-electron chi connectivity index (χ3n) is 2.56. The molecule has 0 saturated heterocycles. The van der Waals surface area contributed by atoms with E-state index in [1.54, 1.807) is 11.3 Å². The molecule has 1 aromatic rings. The van der Waals surface area contributed by atoms with Gasteiger partial charge in [0.1, 0.15) is 0 Å². The zero-order valence-corrected chi connectivity index (χ0v) is 14.0. The maximum Gasteiger partial charge on any atom is 0.191 e. The average Bonchev–Trinajstić information content (AvgIpc) is 3.03. The molecule has 1 aromatic heterocycles. The third-order valence-corrected chi connectivity index (χ3v) is 3.61. The normalized spacial score (nSPS) is 15.1. The number of aryl methyl sites for hydroxylation is 1.